The first kappa shape index (κ1) is 10.6. The van der Waals surface area contributed by atoms with Gasteiger partial charge < -0.3 is 10.2 Å². The van der Waals surface area contributed by atoms with Crippen molar-refractivity contribution in [3.05, 3.63) is 0 Å². The maximum absolute atomic E-state index is 10.9. The fourth-order valence-electron chi connectivity index (χ4n) is 0.768. The van der Waals surface area contributed by atoms with Crippen LogP contribution in [-0.2, 0) is 4.79 Å². The van der Waals surface area contributed by atoms with Crippen LogP contribution in [0.1, 0.15) is 33.1 Å². The van der Waals surface area contributed by atoms with Crippen molar-refractivity contribution in [2.75, 3.05) is 0 Å². The molecule has 0 aliphatic rings. The van der Waals surface area contributed by atoms with Crippen molar-refractivity contribution in [3.8, 4) is 0 Å². The molecule has 0 aromatic rings. The van der Waals surface area contributed by atoms with Crippen molar-refractivity contribution in [2.45, 2.75) is 45.3 Å². The fourth-order valence-corrected chi connectivity index (χ4v) is 0.768. The van der Waals surface area contributed by atoms with Crippen LogP contribution in [0.2, 0.25) is 0 Å². The summed E-state index contributed by atoms with van der Waals surface area (Å²) in [5.41, 5.74) is 0. The lowest BCUT2D eigenvalue weighted by Gasteiger charge is -2.11. The molecule has 0 aromatic carbocycles. The second-order valence-electron chi connectivity index (χ2n) is 2.76. The quantitative estimate of drug-likeness (QED) is 0.615. The maximum atomic E-state index is 10.9. The van der Waals surface area contributed by atoms with Crippen LogP contribution in [0, 0.1) is 0 Å². The van der Waals surface area contributed by atoms with Gasteiger partial charge in [0.1, 0.15) is 6.10 Å². The summed E-state index contributed by atoms with van der Waals surface area (Å²) in [6.45, 7) is 3.39. The molecule has 0 aromatic heterocycles. The molecule has 2 atom stereocenters. The predicted molar refractivity (Wildman–Crippen MR) is 42.2 cm³/mol. The minimum atomic E-state index is -1.19. The normalized spacial score (nSPS) is 16.0. The summed E-state index contributed by atoms with van der Waals surface area (Å²) < 4.78 is 0. The smallest absolute Gasteiger partial charge is 0.163 e. The Hall–Kier alpha value is -0.410. The van der Waals surface area contributed by atoms with Crippen molar-refractivity contribution in [1.82, 2.24) is 0 Å². The van der Waals surface area contributed by atoms with Gasteiger partial charge in [-0.2, -0.15) is 0 Å². The number of unbranched alkanes of at least 4 members (excludes halogenated alkanes) is 1. The molecule has 0 saturated heterocycles. The summed E-state index contributed by atoms with van der Waals surface area (Å²) in [7, 11) is 0. The zero-order chi connectivity index (χ0) is 8.85. The minimum Gasteiger partial charge on any atom is -0.390 e. The van der Waals surface area contributed by atoms with E-state index in [1.54, 1.807) is 0 Å². The molecule has 0 rings (SSSR count). The molecular weight excluding hydrogens is 144 g/mol. The summed E-state index contributed by atoms with van der Waals surface area (Å²) >= 11 is 0. The van der Waals surface area contributed by atoms with E-state index in [4.69, 9.17) is 10.2 Å². The standard InChI is InChI=1S/C8H16O3/c1-3-4-5-7(10)8(11)6(2)9/h6,8-9,11H,3-5H2,1-2H3/t6-,8+/m1/s1. The third kappa shape index (κ3) is 4.11. The van der Waals surface area contributed by atoms with Crippen LogP contribution in [0.5, 0.6) is 0 Å². The molecule has 0 radical (unpaired) electrons. The molecule has 0 unspecified atom stereocenters. The fraction of sp³-hybridized carbons (Fsp3) is 0.875. The first-order valence-electron chi connectivity index (χ1n) is 3.98. The van der Waals surface area contributed by atoms with Gasteiger partial charge in [-0.3, -0.25) is 4.79 Å². The Morgan fingerprint density at radius 2 is 2.00 bits per heavy atom. The van der Waals surface area contributed by atoms with Crippen LogP contribution in [0.25, 0.3) is 0 Å². The molecule has 0 fully saturated rings. The average Bonchev–Trinajstić information content (AvgIpc) is 1.98. The van der Waals surface area contributed by atoms with Gasteiger partial charge in [0.25, 0.3) is 0 Å². The van der Waals surface area contributed by atoms with Gasteiger partial charge in [0.15, 0.2) is 5.78 Å². The number of ketones is 1. The number of carbonyl (C=O) groups excluding carboxylic acids is 1. The lowest BCUT2D eigenvalue weighted by molar-refractivity contribution is -0.132. The first-order chi connectivity index (χ1) is 5.09. The van der Waals surface area contributed by atoms with Crippen molar-refractivity contribution in [2.24, 2.45) is 0 Å². The maximum Gasteiger partial charge on any atom is 0.163 e. The van der Waals surface area contributed by atoms with Crippen LogP contribution < -0.4 is 0 Å². The third-order valence-corrected chi connectivity index (χ3v) is 1.56. The van der Waals surface area contributed by atoms with Gasteiger partial charge in [0.05, 0.1) is 6.10 Å². The highest BCUT2D eigenvalue weighted by atomic mass is 16.3. The predicted octanol–water partition coefficient (Wildman–Crippen LogP) is 0.487. The molecule has 11 heavy (non-hydrogen) atoms. The van der Waals surface area contributed by atoms with Gasteiger partial charge in [-0.15, -0.1) is 0 Å². The Labute approximate surface area is 67.0 Å². The van der Waals surface area contributed by atoms with Gasteiger partial charge in [-0.1, -0.05) is 13.3 Å². The van der Waals surface area contributed by atoms with Gasteiger partial charge in [0.2, 0.25) is 0 Å². The Kier molecular flexibility index (Phi) is 5.07. The molecule has 3 nitrogen and oxygen atoms in total. The van der Waals surface area contributed by atoms with E-state index in [9.17, 15) is 4.79 Å². The van der Waals surface area contributed by atoms with Gasteiger partial charge in [0, 0.05) is 6.42 Å². The molecule has 66 valence electrons. The lowest BCUT2D eigenvalue weighted by Crippen LogP contribution is -2.31. The van der Waals surface area contributed by atoms with Crippen LogP contribution >= 0.6 is 0 Å². The van der Waals surface area contributed by atoms with E-state index in [1.165, 1.54) is 6.92 Å². The molecule has 3 heteroatoms. The van der Waals surface area contributed by atoms with Crippen LogP contribution in [0.4, 0.5) is 0 Å². The molecule has 0 amide bonds. The van der Waals surface area contributed by atoms with Crippen LogP contribution in [0.3, 0.4) is 0 Å². The number of hydrogen-bond acceptors (Lipinski definition) is 3. The van der Waals surface area contributed by atoms with E-state index in [-0.39, 0.29) is 5.78 Å². The molecule has 2 N–H and O–H groups in total. The summed E-state index contributed by atoms with van der Waals surface area (Å²) in [5, 5.41) is 17.8. The van der Waals surface area contributed by atoms with E-state index in [1.807, 2.05) is 6.92 Å². The summed E-state index contributed by atoms with van der Waals surface area (Å²) in [4.78, 5) is 10.9. The van der Waals surface area contributed by atoms with Crippen molar-refractivity contribution in [3.63, 3.8) is 0 Å². The van der Waals surface area contributed by atoms with Gasteiger partial charge in [-0.05, 0) is 13.3 Å². The number of carbonyl (C=O) groups is 1. The third-order valence-electron chi connectivity index (χ3n) is 1.56. The van der Waals surface area contributed by atoms with Gasteiger partial charge >= 0.3 is 0 Å². The Morgan fingerprint density at radius 1 is 1.45 bits per heavy atom. The minimum absolute atomic E-state index is 0.262. The van der Waals surface area contributed by atoms with Gasteiger partial charge in [-0.25, -0.2) is 0 Å². The van der Waals surface area contributed by atoms with Crippen molar-refractivity contribution in [1.29, 1.82) is 0 Å². The average molecular weight is 160 g/mol. The van der Waals surface area contributed by atoms with Crippen LogP contribution in [-0.4, -0.2) is 28.2 Å². The van der Waals surface area contributed by atoms with E-state index in [2.05, 4.69) is 0 Å². The van der Waals surface area contributed by atoms with E-state index in [0.717, 1.165) is 12.8 Å². The highest BCUT2D eigenvalue weighted by Crippen LogP contribution is 2.02. The number of hydrogen-bond donors (Lipinski definition) is 2. The molecule has 0 saturated carbocycles. The number of aliphatic hydroxyl groups excluding tert-OH is 2. The van der Waals surface area contributed by atoms with E-state index in [0.29, 0.717) is 6.42 Å². The van der Waals surface area contributed by atoms with Crippen molar-refractivity contribution >= 4 is 5.78 Å². The monoisotopic (exact) mass is 160 g/mol. The largest absolute Gasteiger partial charge is 0.390 e. The summed E-state index contributed by atoms with van der Waals surface area (Å²) in [6, 6.07) is 0. The Bertz CT molecular complexity index is 121. The molecule has 0 heterocycles. The topological polar surface area (TPSA) is 57.5 Å². The molecule has 0 aliphatic heterocycles. The second kappa shape index (κ2) is 5.27. The Balaban J connectivity index is 3.64. The second-order valence-corrected chi connectivity index (χ2v) is 2.76. The molecule has 0 bridgehead atoms. The Morgan fingerprint density at radius 3 is 2.36 bits per heavy atom. The number of Topliss-reactive ketones (excluding diaryl/α,β-unsaturated/α-hetero) is 1. The SMILES string of the molecule is CCCCC(=O)[C@@H](O)[C@@H](C)O. The van der Waals surface area contributed by atoms with Crippen LogP contribution in [0.15, 0.2) is 0 Å². The molecule has 0 spiro atoms. The highest BCUT2D eigenvalue weighted by molar-refractivity contribution is 5.83. The zero-order valence-corrected chi connectivity index (χ0v) is 7.08. The lowest BCUT2D eigenvalue weighted by atomic mass is 10.1. The molecular formula is C8H16O3. The summed E-state index contributed by atoms with van der Waals surface area (Å²) in [5.74, 6) is -0.262. The molecule has 0 aliphatic carbocycles. The van der Waals surface area contributed by atoms with E-state index < -0.39 is 12.2 Å². The van der Waals surface area contributed by atoms with Crippen molar-refractivity contribution < 1.29 is 15.0 Å². The number of aliphatic hydroxyl groups is 2. The first-order valence-corrected chi connectivity index (χ1v) is 3.98. The van der Waals surface area contributed by atoms with E-state index >= 15 is 0 Å². The highest BCUT2D eigenvalue weighted by Gasteiger charge is 2.18. The zero-order valence-electron chi connectivity index (χ0n) is 7.08. The number of rotatable bonds is 5. The summed E-state index contributed by atoms with van der Waals surface area (Å²) in [6.07, 6.45) is -0.0652.